The molecule has 0 saturated carbocycles. The lowest BCUT2D eigenvalue weighted by Gasteiger charge is -2.32. The lowest BCUT2D eigenvalue weighted by Crippen LogP contribution is -2.47. The highest BCUT2D eigenvalue weighted by Gasteiger charge is 2.33. The quantitative estimate of drug-likeness (QED) is 0.895. The van der Waals surface area contributed by atoms with Gasteiger partial charge in [0.05, 0.1) is 4.88 Å². The monoisotopic (exact) mass is 267 g/mol. The Bertz CT molecular complexity index is 461. The minimum atomic E-state index is -0.895. The van der Waals surface area contributed by atoms with E-state index in [9.17, 15) is 14.7 Å². The van der Waals surface area contributed by atoms with Gasteiger partial charge in [-0.15, -0.1) is 11.3 Å². The fourth-order valence-electron chi connectivity index (χ4n) is 2.25. The van der Waals surface area contributed by atoms with Crippen LogP contribution in [0.1, 0.15) is 39.4 Å². The summed E-state index contributed by atoms with van der Waals surface area (Å²) in [5, 5.41) is 9.17. The van der Waals surface area contributed by atoms with Crippen LogP contribution in [0.4, 0.5) is 0 Å². The number of carboxylic acids is 1. The van der Waals surface area contributed by atoms with Crippen LogP contribution in [0.25, 0.3) is 0 Å². The van der Waals surface area contributed by atoms with Gasteiger partial charge < -0.3 is 10.0 Å². The first kappa shape index (κ1) is 13.1. The Kier molecular flexibility index (Phi) is 3.71. The molecule has 1 amide bonds. The summed E-state index contributed by atoms with van der Waals surface area (Å²) in [4.78, 5) is 26.8. The lowest BCUT2D eigenvalue weighted by atomic mass is 10.0. The molecular formula is C13H17NO3S. The standard InChI is InChI=1S/C13H17NO3S/c1-8-7-11(18-9(8)2)12(15)14-6-4-3-5-10(14)13(16)17/h7,10H,3-6H2,1-2H3,(H,16,17). The summed E-state index contributed by atoms with van der Waals surface area (Å²) in [5.41, 5.74) is 1.09. The van der Waals surface area contributed by atoms with Gasteiger partial charge in [-0.3, -0.25) is 4.79 Å². The molecule has 1 fully saturated rings. The second kappa shape index (κ2) is 5.10. The van der Waals surface area contributed by atoms with Gasteiger partial charge in [-0.2, -0.15) is 0 Å². The predicted octanol–water partition coefficient (Wildman–Crippen LogP) is 2.44. The number of aryl methyl sites for hydroxylation is 2. The van der Waals surface area contributed by atoms with Crippen molar-refractivity contribution < 1.29 is 14.7 Å². The zero-order chi connectivity index (χ0) is 13.3. The first-order valence-corrected chi connectivity index (χ1v) is 6.93. The normalized spacial score (nSPS) is 19.9. The molecule has 1 aromatic rings. The summed E-state index contributed by atoms with van der Waals surface area (Å²) in [6.07, 6.45) is 2.33. The Hall–Kier alpha value is -1.36. The molecule has 1 saturated heterocycles. The van der Waals surface area contributed by atoms with Crippen molar-refractivity contribution in [1.82, 2.24) is 4.90 Å². The van der Waals surface area contributed by atoms with Crippen molar-refractivity contribution in [1.29, 1.82) is 0 Å². The molecule has 2 rings (SSSR count). The molecule has 18 heavy (non-hydrogen) atoms. The molecule has 0 aromatic carbocycles. The van der Waals surface area contributed by atoms with Gasteiger partial charge in [0.1, 0.15) is 6.04 Å². The van der Waals surface area contributed by atoms with Gasteiger partial charge in [0.2, 0.25) is 0 Å². The molecule has 1 aliphatic rings. The van der Waals surface area contributed by atoms with Crippen LogP contribution in [-0.4, -0.2) is 34.5 Å². The topological polar surface area (TPSA) is 57.6 Å². The van der Waals surface area contributed by atoms with E-state index in [1.54, 1.807) is 0 Å². The van der Waals surface area contributed by atoms with E-state index >= 15 is 0 Å². The summed E-state index contributed by atoms with van der Waals surface area (Å²) in [7, 11) is 0. The Balaban J connectivity index is 2.23. The number of rotatable bonds is 2. The molecule has 1 aliphatic heterocycles. The Morgan fingerprint density at radius 3 is 2.67 bits per heavy atom. The Morgan fingerprint density at radius 1 is 1.39 bits per heavy atom. The number of carboxylic acid groups (broad SMARTS) is 1. The molecule has 4 nitrogen and oxygen atoms in total. The summed E-state index contributed by atoms with van der Waals surface area (Å²) in [6, 6.07) is 1.20. The highest BCUT2D eigenvalue weighted by Crippen LogP contribution is 2.25. The number of thiophene rings is 1. The maximum absolute atomic E-state index is 12.4. The summed E-state index contributed by atoms with van der Waals surface area (Å²) in [6.45, 7) is 4.49. The molecular weight excluding hydrogens is 250 g/mol. The lowest BCUT2D eigenvalue weighted by molar-refractivity contribution is -0.143. The van der Waals surface area contributed by atoms with Crippen LogP contribution in [0.3, 0.4) is 0 Å². The third-order valence-electron chi connectivity index (χ3n) is 3.43. The molecule has 1 unspecified atom stereocenters. The van der Waals surface area contributed by atoms with E-state index in [2.05, 4.69) is 0 Å². The van der Waals surface area contributed by atoms with Crippen molar-refractivity contribution >= 4 is 23.2 Å². The van der Waals surface area contributed by atoms with Crippen molar-refractivity contribution in [2.24, 2.45) is 0 Å². The second-order valence-electron chi connectivity index (χ2n) is 4.70. The van der Waals surface area contributed by atoms with Gasteiger partial charge in [0, 0.05) is 11.4 Å². The fraction of sp³-hybridized carbons (Fsp3) is 0.538. The molecule has 0 radical (unpaired) electrons. The second-order valence-corrected chi connectivity index (χ2v) is 5.95. The van der Waals surface area contributed by atoms with Crippen molar-refractivity contribution in [2.45, 2.75) is 39.2 Å². The smallest absolute Gasteiger partial charge is 0.326 e. The van der Waals surface area contributed by atoms with Gasteiger partial charge in [-0.1, -0.05) is 0 Å². The average Bonchev–Trinajstić information content (AvgIpc) is 2.68. The van der Waals surface area contributed by atoms with Crippen molar-refractivity contribution in [3.05, 3.63) is 21.4 Å². The number of nitrogens with zero attached hydrogens (tertiary/aromatic N) is 1. The van der Waals surface area contributed by atoms with Crippen LogP contribution >= 0.6 is 11.3 Å². The number of carbonyl (C=O) groups is 2. The zero-order valence-corrected chi connectivity index (χ0v) is 11.4. The SMILES string of the molecule is Cc1cc(C(=O)N2CCCCC2C(=O)O)sc1C. The van der Waals surface area contributed by atoms with Crippen molar-refractivity contribution in [3.8, 4) is 0 Å². The summed E-state index contributed by atoms with van der Waals surface area (Å²) in [5.74, 6) is -1.03. The van der Waals surface area contributed by atoms with Crippen LogP contribution in [-0.2, 0) is 4.79 Å². The largest absolute Gasteiger partial charge is 0.480 e. The fourth-order valence-corrected chi connectivity index (χ4v) is 3.24. The van der Waals surface area contributed by atoms with Crippen molar-refractivity contribution in [2.75, 3.05) is 6.54 Å². The maximum atomic E-state index is 12.4. The van der Waals surface area contributed by atoms with Crippen LogP contribution in [0.5, 0.6) is 0 Å². The molecule has 0 aliphatic carbocycles. The van der Waals surface area contributed by atoms with Crippen molar-refractivity contribution in [3.63, 3.8) is 0 Å². The van der Waals surface area contributed by atoms with Gasteiger partial charge in [0.15, 0.2) is 0 Å². The number of piperidine rings is 1. The molecule has 2 heterocycles. The third kappa shape index (κ3) is 2.41. The first-order valence-electron chi connectivity index (χ1n) is 6.11. The molecule has 0 bridgehead atoms. The number of likely N-dealkylation sites (tertiary alicyclic amines) is 1. The van der Waals surface area contributed by atoms with E-state index in [0.29, 0.717) is 17.8 Å². The molecule has 0 spiro atoms. The summed E-state index contributed by atoms with van der Waals surface area (Å²) >= 11 is 1.45. The maximum Gasteiger partial charge on any atom is 0.326 e. The minimum Gasteiger partial charge on any atom is -0.480 e. The van der Waals surface area contributed by atoms with Crippen LogP contribution in [0.2, 0.25) is 0 Å². The third-order valence-corrected chi connectivity index (χ3v) is 4.57. The van der Waals surface area contributed by atoms with Gasteiger partial charge in [-0.25, -0.2) is 4.79 Å². The van der Waals surface area contributed by atoms with E-state index in [-0.39, 0.29) is 5.91 Å². The van der Waals surface area contributed by atoms with E-state index in [4.69, 9.17) is 0 Å². The number of hydrogen-bond donors (Lipinski definition) is 1. The molecule has 1 N–H and O–H groups in total. The van der Waals surface area contributed by atoms with Crippen LogP contribution in [0.15, 0.2) is 6.07 Å². The number of aliphatic carboxylic acids is 1. The molecule has 98 valence electrons. The molecule has 1 aromatic heterocycles. The zero-order valence-electron chi connectivity index (χ0n) is 10.6. The first-order chi connectivity index (χ1) is 8.50. The predicted molar refractivity (Wildman–Crippen MR) is 70.1 cm³/mol. The van der Waals surface area contributed by atoms with E-state index in [0.717, 1.165) is 23.3 Å². The van der Waals surface area contributed by atoms with Crippen LogP contribution < -0.4 is 0 Å². The van der Waals surface area contributed by atoms with E-state index < -0.39 is 12.0 Å². The highest BCUT2D eigenvalue weighted by atomic mass is 32.1. The number of hydrogen-bond acceptors (Lipinski definition) is 3. The van der Waals surface area contributed by atoms with E-state index in [1.165, 1.54) is 16.2 Å². The highest BCUT2D eigenvalue weighted by molar-refractivity contribution is 7.14. The van der Waals surface area contributed by atoms with Gasteiger partial charge in [0.25, 0.3) is 5.91 Å². The Labute approximate surface area is 110 Å². The molecule has 1 atom stereocenters. The molecule has 5 heteroatoms. The van der Waals surface area contributed by atoms with Crippen LogP contribution in [0, 0.1) is 13.8 Å². The summed E-state index contributed by atoms with van der Waals surface area (Å²) < 4.78 is 0. The minimum absolute atomic E-state index is 0.136. The van der Waals surface area contributed by atoms with E-state index in [1.807, 2.05) is 19.9 Å². The number of amides is 1. The van der Waals surface area contributed by atoms with Gasteiger partial charge in [-0.05, 0) is 44.7 Å². The van der Waals surface area contributed by atoms with Gasteiger partial charge >= 0.3 is 5.97 Å². The average molecular weight is 267 g/mol. The number of carbonyl (C=O) groups excluding carboxylic acids is 1. The Morgan fingerprint density at radius 2 is 2.11 bits per heavy atom.